The van der Waals surface area contributed by atoms with Gasteiger partial charge in [0.05, 0.1) is 0 Å². The van der Waals surface area contributed by atoms with Crippen LogP contribution in [0.5, 0.6) is 5.75 Å². The van der Waals surface area contributed by atoms with Crippen LogP contribution in [-0.4, -0.2) is 18.3 Å². The molecule has 0 aliphatic carbocycles. The minimum Gasteiger partial charge on any atom is -0.481 e. The van der Waals surface area contributed by atoms with E-state index in [4.69, 9.17) is 4.74 Å². The van der Waals surface area contributed by atoms with E-state index < -0.39 is 6.10 Å². The Balaban J connectivity index is 2.00. The summed E-state index contributed by atoms with van der Waals surface area (Å²) >= 11 is 1.67. The third-order valence-electron chi connectivity index (χ3n) is 3.10. The van der Waals surface area contributed by atoms with Crippen molar-refractivity contribution in [3.05, 3.63) is 54.1 Å². The molecule has 0 aliphatic rings. The van der Waals surface area contributed by atoms with E-state index in [0.717, 1.165) is 10.6 Å². The van der Waals surface area contributed by atoms with Crippen molar-refractivity contribution in [2.24, 2.45) is 0 Å². The van der Waals surface area contributed by atoms with Gasteiger partial charge in [-0.3, -0.25) is 4.79 Å². The minimum atomic E-state index is -0.550. The second-order valence-corrected chi connectivity index (χ2v) is 5.59. The van der Waals surface area contributed by atoms with Crippen molar-refractivity contribution in [2.75, 3.05) is 11.6 Å². The molecule has 0 heterocycles. The fourth-order valence-corrected chi connectivity index (χ4v) is 2.53. The molecule has 2 rings (SSSR count). The highest BCUT2D eigenvalue weighted by Crippen LogP contribution is 2.23. The molecule has 0 aromatic heterocycles. The average molecular weight is 301 g/mol. The summed E-state index contributed by atoms with van der Waals surface area (Å²) < 4.78 is 5.61. The maximum Gasteiger partial charge on any atom is 0.265 e. The zero-order chi connectivity index (χ0) is 15.2. The number of nitrogens with one attached hydrogen (secondary N) is 1. The van der Waals surface area contributed by atoms with E-state index >= 15 is 0 Å². The molecule has 1 unspecified atom stereocenters. The first-order valence-electron chi connectivity index (χ1n) is 6.77. The number of carbonyl (C=O) groups excluding carboxylic acids is 1. The van der Waals surface area contributed by atoms with Gasteiger partial charge < -0.3 is 10.1 Å². The maximum absolute atomic E-state index is 12.2. The van der Waals surface area contributed by atoms with Crippen LogP contribution >= 0.6 is 11.8 Å². The number of rotatable bonds is 5. The van der Waals surface area contributed by atoms with Gasteiger partial charge in [0, 0.05) is 10.6 Å². The Bertz CT molecular complexity index is 613. The number of benzene rings is 2. The minimum absolute atomic E-state index is 0.158. The molecule has 0 aliphatic heterocycles. The van der Waals surface area contributed by atoms with Crippen LogP contribution in [0.15, 0.2) is 53.4 Å². The zero-order valence-electron chi connectivity index (χ0n) is 12.4. The van der Waals surface area contributed by atoms with Crippen molar-refractivity contribution in [3.63, 3.8) is 0 Å². The van der Waals surface area contributed by atoms with E-state index in [9.17, 15) is 4.79 Å². The van der Waals surface area contributed by atoms with Crippen molar-refractivity contribution in [1.82, 2.24) is 0 Å². The lowest BCUT2D eigenvalue weighted by atomic mass is 10.2. The Morgan fingerprint density at radius 2 is 1.90 bits per heavy atom. The molecule has 0 bridgehead atoms. The largest absolute Gasteiger partial charge is 0.481 e. The predicted molar refractivity (Wildman–Crippen MR) is 88.1 cm³/mol. The van der Waals surface area contributed by atoms with Gasteiger partial charge in [-0.05, 0) is 49.9 Å². The molecule has 0 saturated heterocycles. The monoisotopic (exact) mass is 301 g/mol. The van der Waals surface area contributed by atoms with Gasteiger partial charge >= 0.3 is 0 Å². The summed E-state index contributed by atoms with van der Waals surface area (Å²) in [7, 11) is 0. The Labute approximate surface area is 129 Å². The summed E-state index contributed by atoms with van der Waals surface area (Å²) in [6.45, 7) is 3.80. The molecule has 2 aromatic carbocycles. The fourth-order valence-electron chi connectivity index (χ4n) is 1.90. The molecule has 3 nitrogen and oxygen atoms in total. The zero-order valence-corrected chi connectivity index (χ0v) is 13.2. The van der Waals surface area contributed by atoms with Crippen LogP contribution in [0.25, 0.3) is 0 Å². The number of para-hydroxylation sites is 1. The number of hydrogen-bond donors (Lipinski definition) is 1. The van der Waals surface area contributed by atoms with Gasteiger partial charge in [-0.2, -0.15) is 0 Å². The summed E-state index contributed by atoms with van der Waals surface area (Å²) in [5.41, 5.74) is 1.99. The summed E-state index contributed by atoms with van der Waals surface area (Å²) in [4.78, 5) is 13.3. The van der Waals surface area contributed by atoms with Crippen LogP contribution in [0.4, 0.5) is 5.69 Å². The number of amides is 1. The Morgan fingerprint density at radius 3 is 2.57 bits per heavy atom. The molecule has 1 N–H and O–H groups in total. The number of aryl methyl sites for hydroxylation is 1. The first-order valence-corrected chi connectivity index (χ1v) is 8.00. The highest BCUT2D eigenvalue weighted by molar-refractivity contribution is 7.98. The van der Waals surface area contributed by atoms with Gasteiger partial charge in [-0.15, -0.1) is 11.8 Å². The van der Waals surface area contributed by atoms with E-state index in [2.05, 4.69) is 12.2 Å². The van der Waals surface area contributed by atoms with Crippen molar-refractivity contribution in [3.8, 4) is 5.75 Å². The van der Waals surface area contributed by atoms with E-state index in [-0.39, 0.29) is 5.91 Å². The van der Waals surface area contributed by atoms with Gasteiger partial charge in [0.1, 0.15) is 5.75 Å². The second-order valence-electron chi connectivity index (χ2n) is 4.75. The summed E-state index contributed by atoms with van der Waals surface area (Å²) in [5.74, 6) is 0.531. The van der Waals surface area contributed by atoms with Gasteiger partial charge in [-0.1, -0.05) is 24.3 Å². The summed E-state index contributed by atoms with van der Waals surface area (Å²) in [6, 6.07) is 15.2. The lowest BCUT2D eigenvalue weighted by Crippen LogP contribution is -2.30. The Hall–Kier alpha value is -1.94. The van der Waals surface area contributed by atoms with Crippen molar-refractivity contribution in [2.45, 2.75) is 24.8 Å². The first kappa shape index (κ1) is 15.4. The number of anilines is 1. The fraction of sp³-hybridized carbons (Fsp3) is 0.235. The smallest absolute Gasteiger partial charge is 0.265 e. The topological polar surface area (TPSA) is 38.3 Å². The normalized spacial score (nSPS) is 11.8. The van der Waals surface area contributed by atoms with Crippen LogP contribution in [0.1, 0.15) is 12.5 Å². The molecular formula is C17H19NO2S. The molecule has 1 amide bonds. The maximum atomic E-state index is 12.2. The lowest BCUT2D eigenvalue weighted by molar-refractivity contribution is -0.122. The third kappa shape index (κ3) is 4.26. The second kappa shape index (κ2) is 7.18. The number of hydrogen-bond acceptors (Lipinski definition) is 3. The van der Waals surface area contributed by atoms with Crippen LogP contribution in [-0.2, 0) is 4.79 Å². The summed E-state index contributed by atoms with van der Waals surface area (Å²) in [5, 5.41) is 2.89. The Kier molecular flexibility index (Phi) is 5.28. The molecule has 1 atom stereocenters. The molecule has 21 heavy (non-hydrogen) atoms. The lowest BCUT2D eigenvalue weighted by Gasteiger charge is -2.15. The van der Waals surface area contributed by atoms with Gasteiger partial charge in [0.2, 0.25) is 0 Å². The quantitative estimate of drug-likeness (QED) is 0.844. The molecule has 4 heteroatoms. The highest BCUT2D eigenvalue weighted by Gasteiger charge is 2.15. The molecule has 0 radical (unpaired) electrons. The molecule has 2 aromatic rings. The van der Waals surface area contributed by atoms with Crippen LogP contribution in [0, 0.1) is 6.92 Å². The number of carbonyl (C=O) groups is 1. The first-order chi connectivity index (χ1) is 10.1. The van der Waals surface area contributed by atoms with Crippen molar-refractivity contribution < 1.29 is 9.53 Å². The Morgan fingerprint density at radius 1 is 1.19 bits per heavy atom. The van der Waals surface area contributed by atoms with Crippen molar-refractivity contribution in [1.29, 1.82) is 0 Å². The van der Waals surface area contributed by atoms with Crippen molar-refractivity contribution >= 4 is 23.4 Å². The van der Waals surface area contributed by atoms with Gasteiger partial charge in [-0.25, -0.2) is 0 Å². The molecule has 0 fully saturated rings. The molecule has 0 spiro atoms. The average Bonchev–Trinajstić information content (AvgIpc) is 2.50. The molecular weight excluding hydrogens is 282 g/mol. The van der Waals surface area contributed by atoms with Crippen LogP contribution in [0.3, 0.4) is 0 Å². The molecule has 110 valence electrons. The van der Waals surface area contributed by atoms with E-state index in [1.54, 1.807) is 18.7 Å². The standard InChI is InChI=1S/C17H19NO2S/c1-12-9-10-14(11-16(12)21-3)18-17(19)13(2)20-15-7-5-4-6-8-15/h4-11,13H,1-3H3,(H,18,19). The summed E-state index contributed by atoms with van der Waals surface area (Å²) in [6.07, 6.45) is 1.47. The van der Waals surface area contributed by atoms with E-state index in [1.165, 1.54) is 5.56 Å². The van der Waals surface area contributed by atoms with E-state index in [1.807, 2.05) is 54.8 Å². The van der Waals surface area contributed by atoms with Gasteiger partial charge in [0.15, 0.2) is 6.10 Å². The van der Waals surface area contributed by atoms with Crippen LogP contribution in [0.2, 0.25) is 0 Å². The highest BCUT2D eigenvalue weighted by atomic mass is 32.2. The SMILES string of the molecule is CSc1cc(NC(=O)C(C)Oc2ccccc2)ccc1C. The molecule has 0 saturated carbocycles. The van der Waals surface area contributed by atoms with E-state index in [0.29, 0.717) is 5.75 Å². The number of ether oxygens (including phenoxy) is 1. The predicted octanol–water partition coefficient (Wildman–Crippen LogP) is 4.12. The number of thioether (sulfide) groups is 1. The van der Waals surface area contributed by atoms with Gasteiger partial charge in [0.25, 0.3) is 5.91 Å². The third-order valence-corrected chi connectivity index (χ3v) is 3.98. The van der Waals surface area contributed by atoms with Crippen LogP contribution < -0.4 is 10.1 Å².